The van der Waals surface area contributed by atoms with E-state index < -0.39 is 63.6 Å². The SMILES string of the molecule is CC(C)(ON=C(C(=O)N[C@@H]1C(=O)N2C(C(=O)O)=C(C[N+]3(C)CCN(C(=O)c4cc(=O)c(O)c[nH]4)CC3)CS[C@H]12)c1nsc(N)n1)C(=O)O. The van der Waals surface area contributed by atoms with Gasteiger partial charge in [0.1, 0.15) is 29.4 Å². The number of aromatic amines is 1. The number of hydrogen-bond donors (Lipinski definition) is 6. The molecule has 2 aromatic rings. The molecule has 3 amide bonds. The number of amides is 3. The van der Waals surface area contributed by atoms with Gasteiger partial charge in [-0.15, -0.1) is 11.8 Å². The van der Waals surface area contributed by atoms with E-state index in [4.69, 9.17) is 10.6 Å². The van der Waals surface area contributed by atoms with E-state index in [0.717, 1.165) is 28.7 Å². The molecule has 2 atom stereocenters. The second-order valence-corrected chi connectivity index (χ2v) is 13.9. The van der Waals surface area contributed by atoms with Crippen molar-refractivity contribution in [2.24, 2.45) is 5.16 Å². The number of pyridine rings is 1. The molecule has 0 spiro atoms. The number of carboxylic acids is 2. The fraction of sp³-hybridized carbons (Fsp3) is 0.444. The molecule has 3 aliphatic heterocycles. The van der Waals surface area contributed by atoms with Gasteiger partial charge >= 0.3 is 11.9 Å². The predicted octanol–water partition coefficient (Wildman–Crippen LogP) is -1.56. The molecule has 21 heteroatoms. The fourth-order valence-electron chi connectivity index (χ4n) is 5.26. The van der Waals surface area contributed by atoms with Gasteiger partial charge in [-0.05, 0) is 13.8 Å². The number of quaternary nitrogens is 1. The Morgan fingerprint density at radius 2 is 1.92 bits per heavy atom. The Morgan fingerprint density at radius 3 is 2.50 bits per heavy atom. The highest BCUT2D eigenvalue weighted by Crippen LogP contribution is 2.41. The minimum Gasteiger partial charge on any atom is -0.503 e. The van der Waals surface area contributed by atoms with Crippen molar-refractivity contribution in [3.63, 3.8) is 0 Å². The first kappa shape index (κ1) is 34.3. The topological polar surface area (TPSA) is 271 Å². The van der Waals surface area contributed by atoms with Crippen molar-refractivity contribution < 1.29 is 48.6 Å². The van der Waals surface area contributed by atoms with Gasteiger partial charge in [-0.3, -0.25) is 24.1 Å². The smallest absolute Gasteiger partial charge is 0.352 e. The number of thioether (sulfide) groups is 1. The minimum atomic E-state index is -1.82. The Labute approximate surface area is 279 Å². The highest BCUT2D eigenvalue weighted by Gasteiger charge is 2.55. The number of aromatic hydroxyl groups is 1. The van der Waals surface area contributed by atoms with Crippen molar-refractivity contribution >= 4 is 63.8 Å². The van der Waals surface area contributed by atoms with Crippen LogP contribution in [-0.2, 0) is 24.0 Å². The van der Waals surface area contributed by atoms with Crippen LogP contribution in [-0.4, -0.2) is 142 Å². The van der Waals surface area contributed by atoms with E-state index in [0.29, 0.717) is 36.2 Å². The second-order valence-electron chi connectivity index (χ2n) is 12.0. The van der Waals surface area contributed by atoms with E-state index in [9.17, 15) is 44.1 Å². The van der Waals surface area contributed by atoms with E-state index >= 15 is 0 Å². The largest absolute Gasteiger partial charge is 0.503 e. The molecule has 19 nitrogen and oxygen atoms in total. The maximum absolute atomic E-state index is 13.3. The molecule has 5 heterocycles. The lowest BCUT2D eigenvalue weighted by atomic mass is 10.0. The zero-order valence-electron chi connectivity index (χ0n) is 25.8. The number of piperazine rings is 1. The minimum absolute atomic E-state index is 0.00134. The number of nitrogens with two attached hydrogens (primary N) is 1. The molecule has 48 heavy (non-hydrogen) atoms. The molecular weight excluding hydrogens is 674 g/mol. The highest BCUT2D eigenvalue weighted by atomic mass is 32.2. The highest BCUT2D eigenvalue weighted by molar-refractivity contribution is 8.00. The van der Waals surface area contributed by atoms with Crippen LogP contribution >= 0.6 is 23.3 Å². The number of hydrogen-bond acceptors (Lipinski definition) is 14. The number of oxime groups is 1. The van der Waals surface area contributed by atoms with Crippen molar-refractivity contribution in [1.82, 2.24) is 29.5 Å². The van der Waals surface area contributed by atoms with Crippen LogP contribution in [0.15, 0.2) is 33.5 Å². The monoisotopic (exact) mass is 706 g/mol. The predicted molar refractivity (Wildman–Crippen MR) is 169 cm³/mol. The molecule has 7 N–H and O–H groups in total. The maximum Gasteiger partial charge on any atom is 0.352 e. The maximum atomic E-state index is 13.3. The van der Waals surface area contributed by atoms with Crippen molar-refractivity contribution in [1.29, 1.82) is 0 Å². The van der Waals surface area contributed by atoms with E-state index in [-0.39, 0.29) is 34.6 Å². The average molecular weight is 707 g/mol. The number of anilines is 1. The summed E-state index contributed by atoms with van der Waals surface area (Å²) in [5.74, 6) is -5.20. The molecule has 3 aliphatic rings. The van der Waals surface area contributed by atoms with Crippen LogP contribution < -0.4 is 16.5 Å². The Hall–Kier alpha value is -5.02. The van der Waals surface area contributed by atoms with Crippen molar-refractivity contribution in [3.8, 4) is 5.75 Å². The van der Waals surface area contributed by atoms with Crippen molar-refractivity contribution in [3.05, 3.63) is 45.3 Å². The summed E-state index contributed by atoms with van der Waals surface area (Å²) in [6.45, 7) is 4.26. The Morgan fingerprint density at radius 1 is 1.23 bits per heavy atom. The summed E-state index contributed by atoms with van der Waals surface area (Å²) in [7, 11) is 1.92. The molecule has 2 aromatic heterocycles. The van der Waals surface area contributed by atoms with Gasteiger partial charge in [0.25, 0.3) is 17.7 Å². The van der Waals surface area contributed by atoms with Crippen LogP contribution in [0.4, 0.5) is 5.13 Å². The molecule has 0 aliphatic carbocycles. The molecule has 0 bridgehead atoms. The molecule has 0 radical (unpaired) electrons. The molecule has 0 unspecified atom stereocenters. The van der Waals surface area contributed by atoms with Gasteiger partial charge in [-0.2, -0.15) is 9.36 Å². The number of rotatable bonds is 10. The number of carboxylic acid groups (broad SMARTS) is 2. The average Bonchev–Trinajstić information content (AvgIpc) is 3.46. The Balaban J connectivity index is 1.28. The Kier molecular flexibility index (Phi) is 9.21. The Bertz CT molecular complexity index is 1810. The number of fused-ring (bicyclic) bond motifs is 1. The zero-order chi connectivity index (χ0) is 35.1. The van der Waals surface area contributed by atoms with E-state index in [1.807, 2.05) is 7.05 Å². The van der Waals surface area contributed by atoms with Crippen molar-refractivity contribution in [2.75, 3.05) is 51.3 Å². The number of likely N-dealkylation sites (N-methyl/N-ethyl adjacent to an activating group) is 1. The number of nitrogen functional groups attached to an aromatic ring is 1. The van der Waals surface area contributed by atoms with Crippen molar-refractivity contribution in [2.45, 2.75) is 30.9 Å². The summed E-state index contributed by atoms with van der Waals surface area (Å²) < 4.78 is 4.31. The van der Waals surface area contributed by atoms with Crippen LogP contribution in [0, 0.1) is 0 Å². The summed E-state index contributed by atoms with van der Waals surface area (Å²) in [5, 5.41) is 34.4. The number of carbonyl (C=O) groups is 5. The second kappa shape index (κ2) is 12.9. The van der Waals surface area contributed by atoms with Crippen LogP contribution in [0.2, 0.25) is 0 Å². The first-order chi connectivity index (χ1) is 22.5. The summed E-state index contributed by atoms with van der Waals surface area (Å²) in [6.07, 6.45) is 1.05. The first-order valence-electron chi connectivity index (χ1n) is 14.4. The molecule has 5 rings (SSSR count). The van der Waals surface area contributed by atoms with Gasteiger partial charge in [0.2, 0.25) is 22.6 Å². The van der Waals surface area contributed by atoms with Gasteiger partial charge in [0.05, 0.1) is 33.2 Å². The number of aliphatic carboxylic acids is 2. The molecule has 256 valence electrons. The molecule has 2 saturated heterocycles. The number of H-pyrrole nitrogens is 1. The molecule has 0 aromatic carbocycles. The lowest BCUT2D eigenvalue weighted by Crippen LogP contribution is -2.71. The van der Waals surface area contributed by atoms with Gasteiger partial charge in [-0.1, -0.05) is 5.16 Å². The molecule has 2 fully saturated rings. The van der Waals surface area contributed by atoms with Gasteiger partial charge in [-0.25, -0.2) is 9.59 Å². The number of aromatic nitrogens is 3. The van der Waals surface area contributed by atoms with Crippen LogP contribution in [0.25, 0.3) is 0 Å². The standard InChI is InChI=1S/C27H31N9O10S2/c1-27(2,25(44)45)46-32-16(19-31-26(28)48-33-19)20(39)30-17-22(41)35-18(24(42)43)12(11-47-23(17)35)10-36(3)6-4-34(5-7-36)21(40)13-8-14(37)15(38)9-29-13/h8-9,17,23H,4-7,10-11H2,1-3H3,(H6-,28,29,30,31,32,33,37,38,39,40,42,43,44,45)/p+1/t17-,23-/m1/s1. The number of carbonyl (C=O) groups excluding carboxylic acids is 3. The van der Waals surface area contributed by atoms with Gasteiger partial charge in [0.15, 0.2) is 10.9 Å². The summed E-state index contributed by atoms with van der Waals surface area (Å²) in [5.41, 5.74) is 3.00. The third-order valence-electron chi connectivity index (χ3n) is 8.09. The van der Waals surface area contributed by atoms with E-state index in [1.165, 1.54) is 25.6 Å². The summed E-state index contributed by atoms with van der Waals surface area (Å²) >= 11 is 2.02. The zero-order valence-corrected chi connectivity index (χ0v) is 27.5. The van der Waals surface area contributed by atoms with E-state index in [2.05, 4.69) is 24.8 Å². The molecular formula is C27H32N9O10S2+. The van der Waals surface area contributed by atoms with Gasteiger partial charge in [0, 0.05) is 35.1 Å². The van der Waals surface area contributed by atoms with Crippen LogP contribution in [0.5, 0.6) is 5.75 Å². The number of nitrogens with zero attached hydrogens (tertiary/aromatic N) is 6. The fourth-order valence-corrected chi connectivity index (χ4v) is 7.03. The normalized spacial score (nSPS) is 20.9. The first-order valence-corrected chi connectivity index (χ1v) is 16.2. The number of nitrogens with one attached hydrogen (secondary N) is 2. The van der Waals surface area contributed by atoms with Gasteiger partial charge < -0.3 is 45.6 Å². The summed E-state index contributed by atoms with van der Waals surface area (Å²) in [4.78, 5) is 89.6. The number of β-lactam (4-membered cyclic amide) rings is 1. The quantitative estimate of drug-likeness (QED) is 0.0706. The third kappa shape index (κ3) is 6.69. The lowest BCUT2D eigenvalue weighted by molar-refractivity contribution is -0.908. The van der Waals surface area contributed by atoms with Crippen LogP contribution in [0.3, 0.4) is 0 Å². The summed E-state index contributed by atoms with van der Waals surface area (Å²) in [6, 6.07) is -0.106. The van der Waals surface area contributed by atoms with Crippen LogP contribution in [0.1, 0.15) is 30.2 Å². The third-order valence-corrected chi connectivity index (χ3v) is 9.97. The molecule has 0 saturated carbocycles. The van der Waals surface area contributed by atoms with E-state index in [1.54, 1.807) is 4.90 Å². The lowest BCUT2D eigenvalue weighted by Gasteiger charge is -2.50.